The van der Waals surface area contributed by atoms with E-state index >= 15 is 0 Å². The molecule has 0 N–H and O–H groups in total. The molecule has 0 aliphatic heterocycles. The maximum atomic E-state index is 4.89. The summed E-state index contributed by atoms with van der Waals surface area (Å²) in [5.41, 5.74) is 1.19. The molecular formula is C7H12N2O. The van der Waals surface area contributed by atoms with Crippen LogP contribution < -0.4 is 0 Å². The molecule has 10 heavy (non-hydrogen) atoms. The Morgan fingerprint density at radius 3 is 3.00 bits per heavy atom. The lowest BCUT2D eigenvalue weighted by atomic mass is 10.4. The van der Waals surface area contributed by atoms with Gasteiger partial charge in [-0.3, -0.25) is 4.68 Å². The Labute approximate surface area is 60.6 Å². The van der Waals surface area contributed by atoms with Crippen LogP contribution in [0, 0.1) is 6.92 Å². The minimum absolute atomic E-state index is 0.723. The van der Waals surface area contributed by atoms with E-state index in [1.165, 1.54) is 5.56 Å². The van der Waals surface area contributed by atoms with Gasteiger partial charge >= 0.3 is 0 Å². The van der Waals surface area contributed by atoms with Crippen molar-refractivity contribution >= 4 is 0 Å². The van der Waals surface area contributed by atoms with Crippen LogP contribution in [0.25, 0.3) is 0 Å². The summed E-state index contributed by atoms with van der Waals surface area (Å²) < 4.78 is 6.77. The van der Waals surface area contributed by atoms with E-state index in [9.17, 15) is 0 Å². The SMILES string of the molecule is COCCn1cc(C)cn1. The average Bonchev–Trinajstić information content (AvgIpc) is 2.31. The van der Waals surface area contributed by atoms with E-state index < -0.39 is 0 Å². The summed E-state index contributed by atoms with van der Waals surface area (Å²) in [6.45, 7) is 3.59. The molecule has 0 bridgehead atoms. The Balaban J connectivity index is 2.42. The van der Waals surface area contributed by atoms with Gasteiger partial charge in [-0.1, -0.05) is 0 Å². The summed E-state index contributed by atoms with van der Waals surface area (Å²) in [6.07, 6.45) is 3.84. The predicted octanol–water partition coefficient (Wildman–Crippen LogP) is 0.838. The van der Waals surface area contributed by atoms with Gasteiger partial charge in [0, 0.05) is 13.3 Å². The molecule has 1 rings (SSSR count). The van der Waals surface area contributed by atoms with Gasteiger partial charge in [0.15, 0.2) is 0 Å². The lowest BCUT2D eigenvalue weighted by Crippen LogP contribution is -2.03. The van der Waals surface area contributed by atoms with Crippen molar-refractivity contribution in [3.8, 4) is 0 Å². The zero-order valence-electron chi connectivity index (χ0n) is 6.37. The van der Waals surface area contributed by atoms with E-state index in [2.05, 4.69) is 5.10 Å². The van der Waals surface area contributed by atoms with Gasteiger partial charge in [0.1, 0.15) is 0 Å². The van der Waals surface area contributed by atoms with Gasteiger partial charge in [0.25, 0.3) is 0 Å². The zero-order chi connectivity index (χ0) is 7.40. The first-order valence-corrected chi connectivity index (χ1v) is 3.31. The summed E-state index contributed by atoms with van der Waals surface area (Å²) >= 11 is 0. The first kappa shape index (κ1) is 7.28. The third-order valence-electron chi connectivity index (χ3n) is 1.29. The van der Waals surface area contributed by atoms with Gasteiger partial charge < -0.3 is 4.74 Å². The molecule has 0 radical (unpaired) electrons. The molecular weight excluding hydrogens is 128 g/mol. The Morgan fingerprint density at radius 1 is 1.70 bits per heavy atom. The van der Waals surface area contributed by atoms with E-state index in [0.717, 1.165) is 13.2 Å². The number of hydrogen-bond acceptors (Lipinski definition) is 2. The van der Waals surface area contributed by atoms with Gasteiger partial charge in [0.2, 0.25) is 0 Å². The number of ether oxygens (including phenoxy) is 1. The zero-order valence-corrected chi connectivity index (χ0v) is 6.37. The topological polar surface area (TPSA) is 27.1 Å². The monoisotopic (exact) mass is 140 g/mol. The first-order valence-electron chi connectivity index (χ1n) is 3.31. The summed E-state index contributed by atoms with van der Waals surface area (Å²) in [5, 5.41) is 4.09. The van der Waals surface area contributed by atoms with Gasteiger partial charge in [0.05, 0.1) is 19.3 Å². The molecule has 3 heteroatoms. The van der Waals surface area contributed by atoms with Crippen LogP contribution in [0.3, 0.4) is 0 Å². The van der Waals surface area contributed by atoms with E-state index in [1.807, 2.05) is 24.0 Å². The predicted molar refractivity (Wildman–Crippen MR) is 38.8 cm³/mol. The van der Waals surface area contributed by atoms with Gasteiger partial charge in [-0.2, -0.15) is 5.10 Å². The second-order valence-electron chi connectivity index (χ2n) is 2.27. The van der Waals surface area contributed by atoms with Crippen LogP contribution in [-0.4, -0.2) is 23.5 Å². The molecule has 1 aromatic heterocycles. The van der Waals surface area contributed by atoms with Crippen LogP contribution in [-0.2, 0) is 11.3 Å². The molecule has 0 unspecified atom stereocenters. The van der Waals surface area contributed by atoms with Crippen molar-refractivity contribution in [3.05, 3.63) is 18.0 Å². The summed E-state index contributed by atoms with van der Waals surface area (Å²) in [4.78, 5) is 0. The lowest BCUT2D eigenvalue weighted by molar-refractivity contribution is 0.183. The molecule has 3 nitrogen and oxygen atoms in total. The number of nitrogens with zero attached hydrogens (tertiary/aromatic N) is 2. The van der Waals surface area contributed by atoms with Crippen molar-refractivity contribution in [1.82, 2.24) is 9.78 Å². The van der Waals surface area contributed by atoms with E-state index in [-0.39, 0.29) is 0 Å². The highest BCUT2D eigenvalue weighted by molar-refractivity contribution is 4.99. The normalized spacial score (nSPS) is 10.2. The van der Waals surface area contributed by atoms with Crippen molar-refractivity contribution in [1.29, 1.82) is 0 Å². The molecule has 0 saturated heterocycles. The Morgan fingerprint density at radius 2 is 2.50 bits per heavy atom. The molecule has 0 aliphatic carbocycles. The van der Waals surface area contributed by atoms with Crippen molar-refractivity contribution in [2.45, 2.75) is 13.5 Å². The molecule has 56 valence electrons. The first-order chi connectivity index (χ1) is 4.83. The van der Waals surface area contributed by atoms with E-state index in [1.54, 1.807) is 7.11 Å². The minimum atomic E-state index is 0.723. The minimum Gasteiger partial charge on any atom is -0.383 e. The van der Waals surface area contributed by atoms with Crippen LogP contribution >= 0.6 is 0 Å². The highest BCUT2D eigenvalue weighted by Crippen LogP contribution is 1.92. The third kappa shape index (κ3) is 1.84. The molecule has 0 aromatic carbocycles. The highest BCUT2D eigenvalue weighted by Gasteiger charge is 1.90. The number of rotatable bonds is 3. The maximum Gasteiger partial charge on any atom is 0.0658 e. The van der Waals surface area contributed by atoms with E-state index in [4.69, 9.17) is 4.74 Å². The van der Waals surface area contributed by atoms with Crippen LogP contribution in [0.2, 0.25) is 0 Å². The van der Waals surface area contributed by atoms with Crippen LogP contribution in [0.5, 0.6) is 0 Å². The molecule has 0 aliphatic rings. The fraction of sp³-hybridized carbons (Fsp3) is 0.571. The van der Waals surface area contributed by atoms with Crippen molar-refractivity contribution in [3.63, 3.8) is 0 Å². The fourth-order valence-corrected chi connectivity index (χ4v) is 0.774. The van der Waals surface area contributed by atoms with Crippen LogP contribution in [0.15, 0.2) is 12.4 Å². The molecule has 0 saturated carbocycles. The molecule has 0 fully saturated rings. The fourth-order valence-electron chi connectivity index (χ4n) is 0.774. The largest absolute Gasteiger partial charge is 0.383 e. The highest BCUT2D eigenvalue weighted by atomic mass is 16.5. The maximum absolute atomic E-state index is 4.89. The second-order valence-corrected chi connectivity index (χ2v) is 2.27. The van der Waals surface area contributed by atoms with Crippen LogP contribution in [0.1, 0.15) is 5.56 Å². The van der Waals surface area contributed by atoms with Gasteiger partial charge in [-0.25, -0.2) is 0 Å². The molecule has 1 aromatic rings. The van der Waals surface area contributed by atoms with Gasteiger partial charge in [-0.05, 0) is 12.5 Å². The standard InChI is InChI=1S/C7H12N2O/c1-7-5-8-9(6-7)3-4-10-2/h5-6H,3-4H2,1-2H3. The number of hydrogen-bond donors (Lipinski definition) is 0. The summed E-state index contributed by atoms with van der Waals surface area (Å²) in [7, 11) is 1.69. The Bertz CT molecular complexity index is 195. The third-order valence-corrected chi connectivity index (χ3v) is 1.29. The second kappa shape index (κ2) is 3.37. The summed E-state index contributed by atoms with van der Waals surface area (Å²) in [5.74, 6) is 0. The molecule has 0 spiro atoms. The Hall–Kier alpha value is -0.830. The summed E-state index contributed by atoms with van der Waals surface area (Å²) in [6, 6.07) is 0. The lowest BCUT2D eigenvalue weighted by Gasteiger charge is -1.97. The smallest absolute Gasteiger partial charge is 0.0658 e. The molecule has 0 amide bonds. The molecule has 0 atom stereocenters. The quantitative estimate of drug-likeness (QED) is 0.622. The number of aromatic nitrogens is 2. The average molecular weight is 140 g/mol. The number of aryl methyl sites for hydroxylation is 1. The van der Waals surface area contributed by atoms with Crippen LogP contribution in [0.4, 0.5) is 0 Å². The van der Waals surface area contributed by atoms with E-state index in [0.29, 0.717) is 0 Å². The van der Waals surface area contributed by atoms with Gasteiger partial charge in [-0.15, -0.1) is 0 Å². The van der Waals surface area contributed by atoms with Crippen molar-refractivity contribution in [2.75, 3.05) is 13.7 Å². The van der Waals surface area contributed by atoms with Crippen molar-refractivity contribution < 1.29 is 4.74 Å². The number of methoxy groups -OCH3 is 1. The Kier molecular flexibility index (Phi) is 2.45. The van der Waals surface area contributed by atoms with Crippen molar-refractivity contribution in [2.24, 2.45) is 0 Å². The molecule has 1 heterocycles.